The van der Waals surface area contributed by atoms with E-state index in [4.69, 9.17) is 24.4 Å². The number of nitrogens with one attached hydrogen (secondary N) is 2. The lowest BCUT2D eigenvalue weighted by atomic mass is 9.95. The summed E-state index contributed by atoms with van der Waals surface area (Å²) in [7, 11) is 2.17. The number of piperazine rings is 1. The molecule has 87 heavy (non-hydrogen) atoms. The van der Waals surface area contributed by atoms with Gasteiger partial charge >= 0.3 is 0 Å². The highest BCUT2D eigenvalue weighted by molar-refractivity contribution is 6.30. The third-order valence-electron chi connectivity index (χ3n) is 16.6. The van der Waals surface area contributed by atoms with Gasteiger partial charge in [-0.1, -0.05) is 166 Å². The van der Waals surface area contributed by atoms with Crippen LogP contribution in [0.5, 0.6) is 0 Å². The minimum absolute atomic E-state index is 0.114. The summed E-state index contributed by atoms with van der Waals surface area (Å²) in [6.45, 7) is 18.8. The third-order valence-corrected chi connectivity index (χ3v) is 16.8. The van der Waals surface area contributed by atoms with Crippen LogP contribution >= 0.6 is 11.6 Å². The Balaban J connectivity index is 0.000000180. The molecule has 0 bridgehead atoms. The van der Waals surface area contributed by atoms with Gasteiger partial charge in [-0.25, -0.2) is 29.9 Å². The number of nitrogens with zero attached hydrogens (tertiary/aromatic N) is 10. The van der Waals surface area contributed by atoms with Crippen LogP contribution in [-0.4, -0.2) is 95.7 Å². The molecule has 460 valence electrons. The Morgan fingerprint density at radius 3 is 1.57 bits per heavy atom. The molecule has 0 atom stereocenters. The van der Waals surface area contributed by atoms with E-state index in [1.807, 2.05) is 73.0 Å². The monoisotopic (exact) mass is 1190 g/mol. The molecule has 1 amide bonds. The Kier molecular flexibility index (Phi) is 27.1. The maximum Gasteiger partial charge on any atom is 0.256 e. The van der Waals surface area contributed by atoms with Crippen molar-refractivity contribution in [2.45, 2.75) is 182 Å². The van der Waals surface area contributed by atoms with Gasteiger partial charge in [0.2, 0.25) is 11.6 Å². The lowest BCUT2D eigenvalue weighted by Crippen LogP contribution is -2.44. The number of aryl methyl sites for hydroxylation is 1. The number of carbonyl (C=O) groups excluding carboxylic acids is 1. The fraction of sp³-hybridized carbons (Fsp3) is 0.466. The Bertz CT molecular complexity index is 3430. The smallest absolute Gasteiger partial charge is 0.256 e. The van der Waals surface area contributed by atoms with Crippen molar-refractivity contribution in [2.24, 2.45) is 0 Å². The zero-order valence-electron chi connectivity index (χ0n) is 53.3. The molecule has 2 N–H and O–H groups in total. The highest BCUT2D eigenvalue weighted by Crippen LogP contribution is 2.36. The third kappa shape index (κ3) is 19.0. The molecule has 1 saturated heterocycles. The van der Waals surface area contributed by atoms with Gasteiger partial charge in [0.05, 0.1) is 0 Å². The van der Waals surface area contributed by atoms with E-state index in [-0.39, 0.29) is 5.91 Å². The second-order valence-corrected chi connectivity index (χ2v) is 22.9. The second-order valence-electron chi connectivity index (χ2n) is 22.4. The first-order chi connectivity index (χ1) is 42.7. The minimum atomic E-state index is -0.114. The molecular weight excluding hydrogens is 1100 g/mol. The predicted molar refractivity (Wildman–Crippen MR) is 362 cm³/mol. The molecule has 3 saturated carbocycles. The largest absolute Gasteiger partial charge is 0.369 e. The Labute approximate surface area is 525 Å². The van der Waals surface area contributed by atoms with E-state index in [0.29, 0.717) is 53.5 Å². The average Bonchev–Trinajstić information content (AvgIpc) is 1.88. The number of terminal acetylenes is 2. The molecule has 0 radical (unpaired) electrons. The summed E-state index contributed by atoms with van der Waals surface area (Å²) in [4.78, 5) is 44.3. The molecule has 3 aromatic carbocycles. The maximum absolute atomic E-state index is 12.9. The lowest BCUT2D eigenvalue weighted by Gasteiger charge is -2.34. The Morgan fingerprint density at radius 1 is 0.586 bits per heavy atom. The summed E-state index contributed by atoms with van der Waals surface area (Å²) in [6.07, 6.45) is 37.6. The molecule has 12 rings (SSSR count). The highest BCUT2D eigenvalue weighted by Gasteiger charge is 2.25. The van der Waals surface area contributed by atoms with E-state index in [1.165, 1.54) is 117 Å². The zero-order chi connectivity index (χ0) is 61.9. The van der Waals surface area contributed by atoms with E-state index in [9.17, 15) is 4.79 Å². The van der Waals surface area contributed by atoms with Gasteiger partial charge in [-0.15, -0.1) is 12.8 Å². The number of fused-ring (bicyclic) bond motifs is 2. The molecule has 8 aromatic rings. The van der Waals surface area contributed by atoms with Crippen LogP contribution in [0.1, 0.15) is 206 Å². The highest BCUT2D eigenvalue weighted by atomic mass is 35.5. The van der Waals surface area contributed by atoms with E-state index in [2.05, 4.69) is 157 Å². The summed E-state index contributed by atoms with van der Waals surface area (Å²) >= 11 is 6.02. The number of anilines is 2. The molecule has 1 aliphatic heterocycles. The van der Waals surface area contributed by atoms with Crippen LogP contribution in [0, 0.1) is 31.6 Å². The number of benzene rings is 3. The van der Waals surface area contributed by atoms with E-state index >= 15 is 0 Å². The first kappa shape index (κ1) is 66.9. The quantitative estimate of drug-likeness (QED) is 0.107. The lowest BCUT2D eigenvalue weighted by molar-refractivity contribution is 0.0954. The number of carbonyl (C=O) groups is 1. The number of halogens is 1. The van der Waals surface area contributed by atoms with Crippen LogP contribution in [0.3, 0.4) is 0 Å². The summed E-state index contributed by atoms with van der Waals surface area (Å²) in [5.74, 6) is 7.30. The van der Waals surface area contributed by atoms with Gasteiger partial charge in [0.15, 0.2) is 0 Å². The second kappa shape index (κ2) is 35.3. The number of likely N-dealkylation sites (N-methyl/N-ethyl adjacent to an activating group) is 1. The van der Waals surface area contributed by atoms with Gasteiger partial charge in [0.1, 0.15) is 28.5 Å². The van der Waals surface area contributed by atoms with Crippen molar-refractivity contribution < 1.29 is 4.79 Å². The van der Waals surface area contributed by atoms with Crippen LogP contribution in [0.2, 0.25) is 5.02 Å². The first-order valence-corrected chi connectivity index (χ1v) is 32.9. The van der Waals surface area contributed by atoms with Crippen molar-refractivity contribution >= 4 is 51.1 Å². The average molecular weight is 1190 g/mol. The molecule has 4 fully saturated rings. The SMILES string of the molecule is C#Cc1ncc2cc(Cc3ccc(Cl)cc3)n(C3CCCCC3)c2n1.C#Cc1ncc2cc(Cc3ccccc3)n(C3CCCCC3)c2n1.CC.CC.CC.Cc1ncc(C(=O)NCCc2ccc(N3CCN(C)CC3)cc2)c(NC2CCCCC2)n1. The van der Waals surface area contributed by atoms with E-state index in [1.54, 1.807) is 6.20 Å². The van der Waals surface area contributed by atoms with Crippen LogP contribution < -0.4 is 15.5 Å². The molecule has 3 aliphatic carbocycles. The fourth-order valence-corrected chi connectivity index (χ4v) is 12.3. The van der Waals surface area contributed by atoms with Gasteiger partial charge in [-0.05, 0) is 124 Å². The summed E-state index contributed by atoms with van der Waals surface area (Å²) < 4.78 is 4.84. The van der Waals surface area contributed by atoms with E-state index in [0.717, 1.165) is 85.4 Å². The zero-order valence-corrected chi connectivity index (χ0v) is 54.1. The summed E-state index contributed by atoms with van der Waals surface area (Å²) in [6, 6.07) is 33.3. The molecular formula is C73H95ClN12O. The van der Waals surface area contributed by atoms with Gasteiger partial charge in [-0.3, -0.25) is 4.79 Å². The minimum Gasteiger partial charge on any atom is -0.369 e. The summed E-state index contributed by atoms with van der Waals surface area (Å²) in [5, 5.41) is 9.47. The van der Waals surface area contributed by atoms with Crippen LogP contribution in [0.15, 0.2) is 110 Å². The van der Waals surface area contributed by atoms with Crippen molar-refractivity contribution in [1.82, 2.24) is 49.3 Å². The van der Waals surface area contributed by atoms with Gasteiger partial charge in [-0.2, -0.15) is 0 Å². The Hall–Kier alpha value is -7.58. The number of aromatic nitrogens is 8. The number of rotatable bonds is 13. The standard InChI is InChI=1S/C25H36N6O.C21H20ClN3.C21H21N3.3C2H6/c1-19-27-18-23(24(28-19)29-21-6-4-3-5-7-21)25(32)26-13-12-20-8-10-22(11-9-20)31-16-14-30(2)15-17-31;1-2-20-23-14-16-13-19(12-15-8-10-17(22)11-9-15)25(21(16)24-20)18-6-4-3-5-7-18;1-2-20-22-15-17-14-19(13-16-9-5-3-6-10-16)24(21(17)23-20)18-11-7-4-8-12-18;3*1-2/h8-11,18,21H,3-7,12-17H2,1-2H3,(H,26,32)(H,27,28,29);1,8-11,13-14,18H,3-7,12H2;1,3,5-6,9-10,14-15,18H,4,7-8,11-13H2;3*1-2H3. The van der Waals surface area contributed by atoms with Gasteiger partial charge < -0.3 is 29.6 Å². The molecule has 0 spiro atoms. The predicted octanol–water partition coefficient (Wildman–Crippen LogP) is 16.0. The number of hydrogen-bond acceptors (Lipinski definition) is 10. The van der Waals surface area contributed by atoms with Crippen molar-refractivity contribution in [3.63, 3.8) is 0 Å². The van der Waals surface area contributed by atoms with E-state index < -0.39 is 0 Å². The van der Waals surface area contributed by atoms with Crippen LogP contribution in [0.25, 0.3) is 22.1 Å². The topological polar surface area (TPSA) is 135 Å². The van der Waals surface area contributed by atoms with Crippen LogP contribution in [-0.2, 0) is 19.3 Å². The van der Waals surface area contributed by atoms with Crippen LogP contribution in [0.4, 0.5) is 11.5 Å². The van der Waals surface area contributed by atoms with Gasteiger partial charge in [0, 0.05) is 115 Å². The van der Waals surface area contributed by atoms with Crippen molar-refractivity contribution in [3.05, 3.63) is 166 Å². The summed E-state index contributed by atoms with van der Waals surface area (Å²) in [5.41, 5.74) is 10.2. The molecule has 6 heterocycles. The normalized spacial score (nSPS) is 15.5. The fourth-order valence-electron chi connectivity index (χ4n) is 12.2. The Morgan fingerprint density at radius 2 is 1.07 bits per heavy atom. The molecule has 5 aromatic heterocycles. The number of amides is 1. The maximum atomic E-state index is 12.9. The molecule has 14 heteroatoms. The van der Waals surface area contributed by atoms with Crippen molar-refractivity contribution in [2.75, 3.05) is 50.0 Å². The van der Waals surface area contributed by atoms with Crippen molar-refractivity contribution in [3.8, 4) is 24.7 Å². The molecule has 4 aliphatic rings. The first-order valence-electron chi connectivity index (χ1n) is 32.5. The van der Waals surface area contributed by atoms with Gasteiger partial charge in [0.25, 0.3) is 5.91 Å². The molecule has 0 unspecified atom stereocenters. The number of hydrogen-bond donors (Lipinski definition) is 2. The van der Waals surface area contributed by atoms with Crippen molar-refractivity contribution in [1.29, 1.82) is 0 Å². The molecule has 13 nitrogen and oxygen atoms in total.